The van der Waals surface area contributed by atoms with Crippen LogP contribution in [0.15, 0.2) is 24.3 Å². The van der Waals surface area contributed by atoms with Gasteiger partial charge in [0.2, 0.25) is 0 Å². The summed E-state index contributed by atoms with van der Waals surface area (Å²) >= 11 is 0. The van der Waals surface area contributed by atoms with Gasteiger partial charge in [0.1, 0.15) is 0 Å². The Balaban J connectivity index is 2.23. The number of aliphatic hydroxyl groups is 1. The molecule has 2 rings (SSSR count). The Morgan fingerprint density at radius 2 is 1.87 bits per heavy atom. The van der Waals surface area contributed by atoms with Crippen molar-refractivity contribution < 1.29 is 9.84 Å². The standard InChI is InChI=1S/C13H18O2/c1-10(2)11-3-5-12(6-4-11)13(7-14)8-15-9-13/h3-6,10,14H,7-9H2,1-2H3. The maximum Gasteiger partial charge on any atom is 0.0651 e. The van der Waals surface area contributed by atoms with Crippen molar-refractivity contribution >= 4 is 0 Å². The second-order valence-corrected chi connectivity index (χ2v) is 4.71. The minimum Gasteiger partial charge on any atom is -0.395 e. The van der Waals surface area contributed by atoms with Crippen molar-refractivity contribution in [2.75, 3.05) is 19.8 Å². The molecule has 0 aromatic heterocycles. The number of hydrogen-bond acceptors (Lipinski definition) is 2. The van der Waals surface area contributed by atoms with Crippen molar-refractivity contribution in [1.82, 2.24) is 0 Å². The summed E-state index contributed by atoms with van der Waals surface area (Å²) in [5.74, 6) is 0.557. The summed E-state index contributed by atoms with van der Waals surface area (Å²) in [6.07, 6.45) is 0. The zero-order valence-corrected chi connectivity index (χ0v) is 9.36. The molecule has 1 aromatic rings. The van der Waals surface area contributed by atoms with Crippen molar-refractivity contribution in [3.05, 3.63) is 35.4 Å². The normalized spacial score (nSPS) is 18.9. The summed E-state index contributed by atoms with van der Waals surface area (Å²) < 4.78 is 5.20. The third-order valence-electron chi connectivity index (χ3n) is 3.25. The highest BCUT2D eigenvalue weighted by molar-refractivity contribution is 5.32. The molecule has 2 nitrogen and oxygen atoms in total. The molecule has 0 unspecified atom stereocenters. The van der Waals surface area contributed by atoms with Crippen LogP contribution in [0, 0.1) is 0 Å². The van der Waals surface area contributed by atoms with Crippen LogP contribution in [-0.2, 0) is 10.2 Å². The second kappa shape index (κ2) is 3.95. The minimum atomic E-state index is -0.129. The summed E-state index contributed by atoms with van der Waals surface area (Å²) in [4.78, 5) is 0. The van der Waals surface area contributed by atoms with Gasteiger partial charge in [-0.3, -0.25) is 0 Å². The fourth-order valence-electron chi connectivity index (χ4n) is 1.92. The first-order valence-corrected chi connectivity index (χ1v) is 5.47. The molecule has 0 radical (unpaired) electrons. The highest BCUT2D eigenvalue weighted by Gasteiger charge is 2.39. The van der Waals surface area contributed by atoms with Crippen molar-refractivity contribution in [2.45, 2.75) is 25.2 Å². The van der Waals surface area contributed by atoms with Gasteiger partial charge in [-0.05, 0) is 17.0 Å². The number of benzene rings is 1. The van der Waals surface area contributed by atoms with Crippen LogP contribution in [0.2, 0.25) is 0 Å². The molecule has 1 fully saturated rings. The van der Waals surface area contributed by atoms with E-state index in [2.05, 4.69) is 38.1 Å². The van der Waals surface area contributed by atoms with E-state index in [1.165, 1.54) is 11.1 Å². The van der Waals surface area contributed by atoms with E-state index in [1.54, 1.807) is 0 Å². The van der Waals surface area contributed by atoms with Crippen LogP contribution in [0.3, 0.4) is 0 Å². The first kappa shape index (κ1) is 10.7. The number of hydrogen-bond donors (Lipinski definition) is 1. The van der Waals surface area contributed by atoms with Crippen LogP contribution < -0.4 is 0 Å². The van der Waals surface area contributed by atoms with Gasteiger partial charge < -0.3 is 9.84 Å². The first-order valence-electron chi connectivity index (χ1n) is 5.47. The van der Waals surface area contributed by atoms with Crippen molar-refractivity contribution in [3.8, 4) is 0 Å². The molecule has 0 aliphatic carbocycles. The molecular weight excluding hydrogens is 188 g/mol. The molecule has 2 heteroatoms. The molecule has 0 bridgehead atoms. The Morgan fingerprint density at radius 3 is 2.20 bits per heavy atom. The molecule has 0 spiro atoms. The van der Waals surface area contributed by atoms with Gasteiger partial charge in [-0.1, -0.05) is 38.1 Å². The molecule has 1 aliphatic rings. The maximum atomic E-state index is 9.39. The van der Waals surface area contributed by atoms with Crippen LogP contribution in [-0.4, -0.2) is 24.9 Å². The van der Waals surface area contributed by atoms with E-state index in [0.29, 0.717) is 19.1 Å². The average molecular weight is 206 g/mol. The lowest BCUT2D eigenvalue weighted by Gasteiger charge is -2.40. The molecule has 1 aliphatic heterocycles. The molecule has 0 amide bonds. The minimum absolute atomic E-state index is 0.129. The Morgan fingerprint density at radius 1 is 1.27 bits per heavy atom. The molecule has 1 N–H and O–H groups in total. The molecule has 1 aromatic carbocycles. The summed E-state index contributed by atoms with van der Waals surface area (Å²) in [7, 11) is 0. The molecule has 1 heterocycles. The van der Waals surface area contributed by atoms with Gasteiger partial charge in [-0.15, -0.1) is 0 Å². The predicted octanol–water partition coefficient (Wildman–Crippen LogP) is 2.07. The third-order valence-corrected chi connectivity index (χ3v) is 3.25. The topological polar surface area (TPSA) is 29.5 Å². The SMILES string of the molecule is CC(C)c1ccc(C2(CO)COC2)cc1. The Bertz CT molecular complexity index is 317. The van der Waals surface area contributed by atoms with Crippen LogP contribution in [0.4, 0.5) is 0 Å². The quantitative estimate of drug-likeness (QED) is 0.820. The second-order valence-electron chi connectivity index (χ2n) is 4.71. The molecule has 0 atom stereocenters. The Kier molecular flexibility index (Phi) is 2.81. The van der Waals surface area contributed by atoms with Gasteiger partial charge in [-0.25, -0.2) is 0 Å². The van der Waals surface area contributed by atoms with Gasteiger partial charge in [0.05, 0.1) is 25.2 Å². The monoisotopic (exact) mass is 206 g/mol. The molecule has 15 heavy (non-hydrogen) atoms. The molecule has 1 saturated heterocycles. The van der Waals surface area contributed by atoms with Gasteiger partial charge >= 0.3 is 0 Å². The van der Waals surface area contributed by atoms with Gasteiger partial charge in [0.25, 0.3) is 0 Å². The summed E-state index contributed by atoms with van der Waals surface area (Å²) in [5.41, 5.74) is 2.41. The van der Waals surface area contributed by atoms with Crippen molar-refractivity contribution in [1.29, 1.82) is 0 Å². The first-order chi connectivity index (χ1) is 7.18. The lowest BCUT2D eigenvalue weighted by atomic mass is 9.79. The fraction of sp³-hybridized carbons (Fsp3) is 0.538. The number of aliphatic hydroxyl groups excluding tert-OH is 1. The molecular formula is C13H18O2. The predicted molar refractivity (Wildman–Crippen MR) is 60.1 cm³/mol. The van der Waals surface area contributed by atoms with Gasteiger partial charge in [0, 0.05) is 0 Å². The van der Waals surface area contributed by atoms with Gasteiger partial charge in [0.15, 0.2) is 0 Å². The number of rotatable bonds is 3. The summed E-state index contributed by atoms with van der Waals surface area (Å²) in [5, 5.41) is 9.39. The Hall–Kier alpha value is -0.860. The highest BCUT2D eigenvalue weighted by Crippen LogP contribution is 2.32. The summed E-state index contributed by atoms with van der Waals surface area (Å²) in [6, 6.07) is 8.54. The van der Waals surface area contributed by atoms with E-state index in [1.807, 2.05) is 0 Å². The van der Waals surface area contributed by atoms with E-state index in [9.17, 15) is 5.11 Å². The number of ether oxygens (including phenoxy) is 1. The molecule has 0 saturated carbocycles. The zero-order valence-electron chi connectivity index (χ0n) is 9.36. The summed E-state index contributed by atoms with van der Waals surface area (Å²) in [6.45, 7) is 5.83. The lowest BCUT2D eigenvalue weighted by molar-refractivity contribution is -0.0841. The lowest BCUT2D eigenvalue weighted by Crippen LogP contribution is -2.49. The smallest absolute Gasteiger partial charge is 0.0651 e. The molecule has 82 valence electrons. The van der Waals surface area contributed by atoms with Crippen LogP contribution >= 0.6 is 0 Å². The van der Waals surface area contributed by atoms with E-state index >= 15 is 0 Å². The van der Waals surface area contributed by atoms with Crippen LogP contribution in [0.25, 0.3) is 0 Å². The van der Waals surface area contributed by atoms with E-state index < -0.39 is 0 Å². The maximum absolute atomic E-state index is 9.39. The van der Waals surface area contributed by atoms with Crippen LogP contribution in [0.5, 0.6) is 0 Å². The van der Waals surface area contributed by atoms with Gasteiger partial charge in [-0.2, -0.15) is 0 Å². The third kappa shape index (κ3) is 1.80. The van der Waals surface area contributed by atoms with Crippen LogP contribution in [0.1, 0.15) is 30.9 Å². The Labute approximate surface area is 90.9 Å². The van der Waals surface area contributed by atoms with E-state index in [4.69, 9.17) is 4.74 Å². The highest BCUT2D eigenvalue weighted by atomic mass is 16.5. The van der Waals surface area contributed by atoms with E-state index in [-0.39, 0.29) is 12.0 Å². The largest absolute Gasteiger partial charge is 0.395 e. The average Bonchev–Trinajstić information content (AvgIpc) is 2.18. The zero-order chi connectivity index (χ0) is 10.9. The van der Waals surface area contributed by atoms with E-state index in [0.717, 1.165) is 0 Å². The van der Waals surface area contributed by atoms with Crippen molar-refractivity contribution in [3.63, 3.8) is 0 Å². The fourth-order valence-corrected chi connectivity index (χ4v) is 1.92. The van der Waals surface area contributed by atoms with Crippen molar-refractivity contribution in [2.24, 2.45) is 0 Å².